The highest BCUT2D eigenvalue weighted by atomic mass is 16.5. The molecule has 4 atom stereocenters. The van der Waals surface area contributed by atoms with Crippen LogP contribution in [0.25, 0.3) is 0 Å². The molecular formula is C22H38O4. The molecule has 4 nitrogen and oxygen atoms in total. The van der Waals surface area contributed by atoms with Gasteiger partial charge in [0.2, 0.25) is 0 Å². The SMILES string of the molecule is COC(=O)[C@H](CCO)CCC1=C(C)[C@H](OC)C[C@H]2C(C)(C)CCC[C@]12C. The molecule has 0 heterocycles. The third-order valence-electron chi connectivity index (χ3n) is 7.37. The largest absolute Gasteiger partial charge is 0.469 e. The summed E-state index contributed by atoms with van der Waals surface area (Å²) in [5, 5.41) is 9.32. The predicted octanol–water partition coefficient (Wildman–Crippen LogP) is 4.51. The number of ether oxygens (including phenoxy) is 2. The van der Waals surface area contributed by atoms with Crippen molar-refractivity contribution in [3.8, 4) is 0 Å². The van der Waals surface area contributed by atoms with Crippen LogP contribution in [-0.2, 0) is 14.3 Å². The molecule has 0 aromatic heterocycles. The lowest BCUT2D eigenvalue weighted by molar-refractivity contribution is -0.146. The monoisotopic (exact) mass is 366 g/mol. The molecule has 1 saturated carbocycles. The van der Waals surface area contributed by atoms with Gasteiger partial charge in [-0.25, -0.2) is 0 Å². The summed E-state index contributed by atoms with van der Waals surface area (Å²) in [7, 11) is 3.24. The van der Waals surface area contributed by atoms with E-state index in [4.69, 9.17) is 9.47 Å². The van der Waals surface area contributed by atoms with Gasteiger partial charge in [-0.3, -0.25) is 4.79 Å². The second-order valence-electron chi connectivity index (χ2n) is 9.20. The Labute approximate surface area is 159 Å². The lowest BCUT2D eigenvalue weighted by Gasteiger charge is -2.56. The second-order valence-corrected chi connectivity index (χ2v) is 9.20. The number of esters is 1. The van der Waals surface area contributed by atoms with Crippen LogP contribution in [0.1, 0.15) is 72.6 Å². The van der Waals surface area contributed by atoms with Gasteiger partial charge in [-0.2, -0.15) is 0 Å². The maximum absolute atomic E-state index is 12.1. The van der Waals surface area contributed by atoms with Crippen LogP contribution in [0.2, 0.25) is 0 Å². The first-order valence-corrected chi connectivity index (χ1v) is 10.1. The van der Waals surface area contributed by atoms with E-state index in [-0.39, 0.29) is 30.0 Å². The van der Waals surface area contributed by atoms with E-state index in [1.54, 1.807) is 0 Å². The molecule has 0 unspecified atom stereocenters. The minimum Gasteiger partial charge on any atom is -0.469 e. The molecule has 1 fully saturated rings. The van der Waals surface area contributed by atoms with Gasteiger partial charge in [-0.05, 0) is 67.8 Å². The molecule has 26 heavy (non-hydrogen) atoms. The van der Waals surface area contributed by atoms with Crippen LogP contribution in [0.4, 0.5) is 0 Å². The summed E-state index contributed by atoms with van der Waals surface area (Å²) in [4.78, 5) is 12.1. The molecule has 0 radical (unpaired) electrons. The van der Waals surface area contributed by atoms with Crippen LogP contribution in [0.5, 0.6) is 0 Å². The zero-order valence-corrected chi connectivity index (χ0v) is 17.6. The molecule has 0 aromatic rings. The number of aliphatic hydroxyl groups excluding tert-OH is 1. The molecular weight excluding hydrogens is 328 g/mol. The van der Waals surface area contributed by atoms with E-state index in [0.29, 0.717) is 17.8 Å². The van der Waals surface area contributed by atoms with Gasteiger partial charge in [0.1, 0.15) is 0 Å². The standard InChI is InChI=1S/C22H38O4/c1-15-17(9-8-16(10-13-23)20(24)26-6)22(4)12-7-11-21(2,3)19(22)14-18(15)25-5/h16,18-19,23H,7-14H2,1-6H3/t16-,18+,19-,22+/m0/s1. The van der Waals surface area contributed by atoms with Crippen molar-refractivity contribution in [2.75, 3.05) is 20.8 Å². The van der Waals surface area contributed by atoms with Crippen LogP contribution in [0.15, 0.2) is 11.1 Å². The number of carbonyl (C=O) groups is 1. The average molecular weight is 367 g/mol. The zero-order chi connectivity index (χ0) is 19.5. The molecule has 2 aliphatic rings. The van der Waals surface area contributed by atoms with Crippen molar-refractivity contribution < 1.29 is 19.4 Å². The van der Waals surface area contributed by atoms with Crippen molar-refractivity contribution in [1.29, 1.82) is 0 Å². The number of carbonyl (C=O) groups excluding carboxylic acids is 1. The van der Waals surface area contributed by atoms with E-state index in [2.05, 4.69) is 27.7 Å². The summed E-state index contributed by atoms with van der Waals surface area (Å²) in [6.45, 7) is 9.48. The van der Waals surface area contributed by atoms with Crippen LogP contribution >= 0.6 is 0 Å². The van der Waals surface area contributed by atoms with E-state index in [0.717, 1.165) is 19.3 Å². The summed E-state index contributed by atoms with van der Waals surface area (Å²) in [5.74, 6) is 0.163. The first-order valence-electron chi connectivity index (χ1n) is 10.1. The fourth-order valence-corrected chi connectivity index (χ4v) is 5.87. The van der Waals surface area contributed by atoms with Gasteiger partial charge in [-0.15, -0.1) is 0 Å². The first-order chi connectivity index (χ1) is 12.2. The molecule has 0 spiro atoms. The number of allylic oxidation sites excluding steroid dienone is 1. The van der Waals surface area contributed by atoms with Gasteiger partial charge in [0, 0.05) is 13.7 Å². The molecule has 150 valence electrons. The van der Waals surface area contributed by atoms with E-state index in [1.807, 2.05) is 7.11 Å². The smallest absolute Gasteiger partial charge is 0.308 e. The van der Waals surface area contributed by atoms with Crippen molar-refractivity contribution in [2.24, 2.45) is 22.7 Å². The van der Waals surface area contributed by atoms with Gasteiger partial charge >= 0.3 is 5.97 Å². The van der Waals surface area contributed by atoms with Crippen molar-refractivity contribution in [1.82, 2.24) is 0 Å². The minimum absolute atomic E-state index is 0.0193. The summed E-state index contributed by atoms with van der Waals surface area (Å²) >= 11 is 0. The normalized spacial score (nSPS) is 32.1. The fourth-order valence-electron chi connectivity index (χ4n) is 5.87. The summed E-state index contributed by atoms with van der Waals surface area (Å²) in [5.41, 5.74) is 3.33. The van der Waals surface area contributed by atoms with Gasteiger partial charge in [0.05, 0.1) is 19.1 Å². The first kappa shape index (κ1) is 21.4. The predicted molar refractivity (Wildman–Crippen MR) is 104 cm³/mol. The third kappa shape index (κ3) is 4.01. The van der Waals surface area contributed by atoms with Gasteiger partial charge in [0.25, 0.3) is 0 Å². The second kappa shape index (κ2) is 8.43. The lowest BCUT2D eigenvalue weighted by atomic mass is 9.49. The van der Waals surface area contributed by atoms with E-state index < -0.39 is 0 Å². The number of hydrogen-bond donors (Lipinski definition) is 1. The van der Waals surface area contributed by atoms with Gasteiger partial charge in [0.15, 0.2) is 0 Å². The average Bonchev–Trinajstić information content (AvgIpc) is 2.58. The molecule has 0 amide bonds. The number of hydrogen-bond acceptors (Lipinski definition) is 4. The Morgan fingerprint density at radius 1 is 1.23 bits per heavy atom. The van der Waals surface area contributed by atoms with E-state index >= 15 is 0 Å². The highest BCUT2D eigenvalue weighted by Gasteiger charge is 2.52. The molecule has 1 N–H and O–H groups in total. The molecule has 0 aliphatic heterocycles. The van der Waals surface area contributed by atoms with Crippen molar-refractivity contribution in [2.45, 2.75) is 78.7 Å². The Morgan fingerprint density at radius 3 is 2.50 bits per heavy atom. The Kier molecular flexibility index (Phi) is 6.95. The molecule has 0 bridgehead atoms. The van der Waals surface area contributed by atoms with Gasteiger partial charge in [-0.1, -0.05) is 32.8 Å². The molecule has 2 rings (SSSR count). The van der Waals surface area contributed by atoms with Gasteiger partial charge < -0.3 is 14.6 Å². The maximum atomic E-state index is 12.1. The van der Waals surface area contributed by atoms with E-state index in [1.165, 1.54) is 37.5 Å². The molecule has 2 aliphatic carbocycles. The summed E-state index contributed by atoms with van der Waals surface area (Å²) in [6, 6.07) is 0. The third-order valence-corrected chi connectivity index (χ3v) is 7.37. The Morgan fingerprint density at radius 2 is 1.92 bits per heavy atom. The van der Waals surface area contributed by atoms with Crippen molar-refractivity contribution >= 4 is 5.97 Å². The number of methoxy groups -OCH3 is 2. The number of rotatable bonds is 7. The number of fused-ring (bicyclic) bond motifs is 1. The Hall–Kier alpha value is -0.870. The van der Waals surface area contributed by atoms with Crippen LogP contribution < -0.4 is 0 Å². The molecule has 4 heteroatoms. The molecule has 0 aromatic carbocycles. The minimum atomic E-state index is -0.230. The van der Waals surface area contributed by atoms with E-state index in [9.17, 15) is 9.90 Å². The highest BCUT2D eigenvalue weighted by molar-refractivity contribution is 5.72. The van der Waals surface area contributed by atoms with Crippen LogP contribution in [-0.4, -0.2) is 38.0 Å². The lowest BCUT2D eigenvalue weighted by Crippen LogP contribution is -2.48. The number of aliphatic hydroxyl groups is 1. The van der Waals surface area contributed by atoms with Crippen molar-refractivity contribution in [3.05, 3.63) is 11.1 Å². The Balaban J connectivity index is 2.31. The van der Waals surface area contributed by atoms with Crippen LogP contribution in [0, 0.1) is 22.7 Å². The van der Waals surface area contributed by atoms with Crippen molar-refractivity contribution in [3.63, 3.8) is 0 Å². The highest BCUT2D eigenvalue weighted by Crippen LogP contribution is 2.60. The summed E-state index contributed by atoms with van der Waals surface area (Å²) < 4.78 is 10.8. The Bertz CT molecular complexity index is 536. The topological polar surface area (TPSA) is 55.8 Å². The molecule has 0 saturated heterocycles. The quantitative estimate of drug-likeness (QED) is 0.532. The maximum Gasteiger partial charge on any atom is 0.308 e. The summed E-state index contributed by atoms with van der Waals surface area (Å²) in [6.07, 6.45) is 7.09. The zero-order valence-electron chi connectivity index (χ0n) is 17.6. The fraction of sp³-hybridized carbons (Fsp3) is 0.864. The van der Waals surface area contributed by atoms with Crippen LogP contribution in [0.3, 0.4) is 0 Å².